The van der Waals surface area contributed by atoms with Crippen LogP contribution in [0.2, 0.25) is 10.0 Å². The predicted molar refractivity (Wildman–Crippen MR) is 181 cm³/mol. The van der Waals surface area contributed by atoms with E-state index in [-0.39, 0.29) is 21.5 Å². The Balaban J connectivity index is 1.33. The molecule has 1 amide bonds. The maximum Gasteiger partial charge on any atom is 0.281 e. The fourth-order valence-corrected chi connectivity index (χ4v) is 8.95. The Hall–Kier alpha value is -3.09. The number of nitrogens with one attached hydrogen (secondary N) is 1. The van der Waals surface area contributed by atoms with Crippen molar-refractivity contribution in [3.63, 3.8) is 0 Å². The highest BCUT2D eigenvalue weighted by Crippen LogP contribution is 2.29. The van der Waals surface area contributed by atoms with Crippen molar-refractivity contribution in [3.8, 4) is 5.75 Å². The number of aryl methyl sites for hydroxylation is 3. The third-order valence-corrected chi connectivity index (χ3v) is 12.5. The smallest absolute Gasteiger partial charge is 0.281 e. The summed E-state index contributed by atoms with van der Waals surface area (Å²) in [5, 5.41) is 1.85. The monoisotopic (exact) mass is 705 g/mol. The van der Waals surface area contributed by atoms with Crippen LogP contribution in [0.4, 0.5) is 0 Å². The molecule has 0 aliphatic carbocycles. The summed E-state index contributed by atoms with van der Waals surface area (Å²) in [5.74, 6) is -0.138. The van der Waals surface area contributed by atoms with Gasteiger partial charge in [0.2, 0.25) is 10.0 Å². The van der Waals surface area contributed by atoms with Crippen molar-refractivity contribution in [2.24, 2.45) is 0 Å². The first kappa shape index (κ1) is 34.3. The van der Waals surface area contributed by atoms with Crippen LogP contribution in [0.3, 0.4) is 0 Å². The molecule has 1 N–H and O–H groups in total. The molecular weight excluding hydrogens is 669 g/mol. The lowest BCUT2D eigenvalue weighted by Gasteiger charge is -2.34. The van der Waals surface area contributed by atoms with Crippen molar-refractivity contribution >= 4 is 60.1 Å². The van der Waals surface area contributed by atoms with Gasteiger partial charge in [-0.25, -0.2) is 21.6 Å². The Morgan fingerprint density at radius 3 is 2.28 bits per heavy atom. The molecule has 5 rings (SSSR count). The maximum atomic E-state index is 13.5. The molecule has 1 aliphatic heterocycles. The number of carbonyl (C=O) groups excluding carboxylic acids is 1. The molecule has 3 aromatic carbocycles. The zero-order chi connectivity index (χ0) is 33.2. The number of fused-ring (bicyclic) bond motifs is 1. The van der Waals surface area contributed by atoms with E-state index in [0.29, 0.717) is 59.2 Å². The van der Waals surface area contributed by atoms with Crippen molar-refractivity contribution in [2.45, 2.75) is 75.3 Å². The lowest BCUT2D eigenvalue weighted by molar-refractivity contribution is 0.0972. The lowest BCUT2D eigenvalue weighted by Crippen LogP contribution is -2.43. The van der Waals surface area contributed by atoms with E-state index in [4.69, 9.17) is 27.9 Å². The zero-order valence-corrected chi connectivity index (χ0v) is 29.1. The molecular formula is C33H37Cl2N3O6S2. The predicted octanol–water partition coefficient (Wildman–Crippen LogP) is 7.11. The molecule has 46 heavy (non-hydrogen) atoms. The SMILES string of the molecule is CC[C@@H]1CCCCN1S(=O)(=O)c1ccc(S(=O)(=O)NC(=O)c2cc3cc(Cl)ccc3n2CCCOc2cc(C)c(Cl)c(C)c2)cc1. The second-order valence-corrected chi connectivity index (χ2v) is 15.9. The number of ether oxygens (including phenoxy) is 1. The number of sulfonamides is 2. The van der Waals surface area contributed by atoms with Gasteiger partial charge in [-0.3, -0.25) is 4.79 Å². The number of hydrogen-bond donors (Lipinski definition) is 1. The number of rotatable bonds is 11. The number of amides is 1. The molecule has 2 heterocycles. The first-order chi connectivity index (χ1) is 21.8. The molecule has 1 atom stereocenters. The Morgan fingerprint density at radius 1 is 0.935 bits per heavy atom. The van der Waals surface area contributed by atoms with Gasteiger partial charge in [0.1, 0.15) is 11.4 Å². The van der Waals surface area contributed by atoms with Gasteiger partial charge in [0, 0.05) is 40.1 Å². The summed E-state index contributed by atoms with van der Waals surface area (Å²) in [4.78, 5) is 13.3. The molecule has 4 aromatic rings. The molecule has 0 spiro atoms. The van der Waals surface area contributed by atoms with Gasteiger partial charge >= 0.3 is 0 Å². The first-order valence-corrected chi connectivity index (χ1v) is 18.9. The maximum absolute atomic E-state index is 13.5. The number of benzene rings is 3. The highest BCUT2D eigenvalue weighted by molar-refractivity contribution is 7.90. The summed E-state index contributed by atoms with van der Waals surface area (Å²) in [6, 6.07) is 15.4. The van der Waals surface area contributed by atoms with Gasteiger partial charge in [-0.05, 0) is 111 Å². The summed E-state index contributed by atoms with van der Waals surface area (Å²) >= 11 is 12.5. The fourth-order valence-electron chi connectivity index (χ4n) is 5.93. The molecule has 0 saturated carbocycles. The summed E-state index contributed by atoms with van der Waals surface area (Å²) in [5.41, 5.74) is 2.67. The second-order valence-electron chi connectivity index (χ2n) is 11.5. The minimum atomic E-state index is -4.33. The van der Waals surface area contributed by atoms with Gasteiger partial charge in [0.05, 0.1) is 16.4 Å². The zero-order valence-electron chi connectivity index (χ0n) is 25.9. The van der Waals surface area contributed by atoms with Crippen LogP contribution < -0.4 is 9.46 Å². The normalized spacial score (nSPS) is 16.1. The molecule has 1 saturated heterocycles. The number of carbonyl (C=O) groups is 1. The largest absolute Gasteiger partial charge is 0.494 e. The second kappa shape index (κ2) is 13.9. The Labute approximate surface area is 280 Å². The highest BCUT2D eigenvalue weighted by Gasteiger charge is 2.33. The van der Waals surface area contributed by atoms with Crippen molar-refractivity contribution in [2.75, 3.05) is 13.2 Å². The number of aromatic nitrogens is 1. The van der Waals surface area contributed by atoms with Crippen LogP contribution in [0, 0.1) is 13.8 Å². The average molecular weight is 707 g/mol. The van der Waals surface area contributed by atoms with E-state index in [2.05, 4.69) is 4.72 Å². The van der Waals surface area contributed by atoms with E-state index < -0.39 is 26.0 Å². The van der Waals surface area contributed by atoms with Crippen molar-refractivity contribution in [1.82, 2.24) is 13.6 Å². The molecule has 0 radical (unpaired) electrons. The molecule has 1 fully saturated rings. The van der Waals surface area contributed by atoms with Gasteiger partial charge < -0.3 is 9.30 Å². The Morgan fingerprint density at radius 2 is 1.61 bits per heavy atom. The van der Waals surface area contributed by atoms with Crippen LogP contribution >= 0.6 is 23.2 Å². The Bertz CT molecular complexity index is 1950. The van der Waals surface area contributed by atoms with E-state index >= 15 is 0 Å². The average Bonchev–Trinajstić information content (AvgIpc) is 3.39. The van der Waals surface area contributed by atoms with Crippen LogP contribution in [0.5, 0.6) is 5.75 Å². The van der Waals surface area contributed by atoms with Crippen LogP contribution in [-0.4, -0.2) is 50.8 Å². The van der Waals surface area contributed by atoms with Crippen molar-refractivity contribution < 1.29 is 26.4 Å². The number of nitrogens with zero attached hydrogens (tertiary/aromatic N) is 2. The van der Waals surface area contributed by atoms with Crippen LogP contribution in [0.15, 0.2) is 70.5 Å². The summed E-state index contributed by atoms with van der Waals surface area (Å²) in [6.07, 6.45) is 3.78. The van der Waals surface area contributed by atoms with E-state index in [0.717, 1.165) is 30.4 Å². The summed E-state index contributed by atoms with van der Waals surface area (Å²) in [7, 11) is -8.12. The van der Waals surface area contributed by atoms with Gasteiger partial charge in [0.25, 0.3) is 15.9 Å². The third-order valence-electron chi connectivity index (χ3n) is 8.31. The summed E-state index contributed by atoms with van der Waals surface area (Å²) in [6.45, 7) is 6.92. The molecule has 1 aromatic heterocycles. The number of piperidine rings is 1. The Kier molecular flexibility index (Phi) is 10.4. The fraction of sp³-hybridized carbons (Fsp3) is 0.364. The number of hydrogen-bond acceptors (Lipinski definition) is 6. The van der Waals surface area contributed by atoms with Crippen LogP contribution in [-0.2, 0) is 26.6 Å². The summed E-state index contributed by atoms with van der Waals surface area (Å²) < 4.78 is 64.6. The van der Waals surface area contributed by atoms with E-state index in [9.17, 15) is 21.6 Å². The number of halogens is 2. The third kappa shape index (κ3) is 7.23. The topological polar surface area (TPSA) is 115 Å². The van der Waals surface area contributed by atoms with Crippen LogP contribution in [0.25, 0.3) is 10.9 Å². The minimum Gasteiger partial charge on any atom is -0.494 e. The molecule has 246 valence electrons. The first-order valence-electron chi connectivity index (χ1n) is 15.2. The minimum absolute atomic E-state index is 0.0151. The quantitative estimate of drug-likeness (QED) is 0.167. The molecule has 0 bridgehead atoms. The van der Waals surface area contributed by atoms with Gasteiger partial charge in [-0.1, -0.05) is 36.5 Å². The van der Waals surface area contributed by atoms with Gasteiger partial charge in [0.15, 0.2) is 0 Å². The molecule has 9 nitrogen and oxygen atoms in total. The standard InChI is InChI=1S/C33H37Cl2N3O6S2/c1-4-26-8-5-6-16-38(26)46(42,43)29-12-10-28(11-13-29)45(40,41)36-33(39)31-21-24-20-25(34)9-14-30(24)37(31)15-7-17-44-27-18-22(2)32(35)23(3)19-27/h9-14,18-21,26H,4-8,15-17H2,1-3H3,(H,36,39)/t26-/m1/s1. The van der Waals surface area contributed by atoms with E-state index in [1.54, 1.807) is 28.8 Å². The van der Waals surface area contributed by atoms with Gasteiger partial charge in [-0.15, -0.1) is 0 Å². The molecule has 13 heteroatoms. The molecule has 1 aliphatic rings. The van der Waals surface area contributed by atoms with E-state index in [1.807, 2.05) is 32.9 Å². The van der Waals surface area contributed by atoms with Crippen molar-refractivity contribution in [1.29, 1.82) is 0 Å². The van der Waals surface area contributed by atoms with E-state index in [1.165, 1.54) is 28.6 Å². The molecule has 0 unspecified atom stereocenters. The van der Waals surface area contributed by atoms with Crippen molar-refractivity contribution in [3.05, 3.63) is 87.5 Å². The lowest BCUT2D eigenvalue weighted by atomic mass is 10.0. The highest BCUT2D eigenvalue weighted by atomic mass is 35.5. The van der Waals surface area contributed by atoms with Gasteiger partial charge in [-0.2, -0.15) is 4.31 Å². The van der Waals surface area contributed by atoms with Crippen LogP contribution in [0.1, 0.15) is 60.6 Å².